The molecule has 4 nitrogen and oxygen atoms in total. The van der Waals surface area contributed by atoms with Crippen LogP contribution in [0.5, 0.6) is 5.75 Å². The van der Waals surface area contributed by atoms with Crippen molar-refractivity contribution in [2.45, 2.75) is 18.9 Å². The second kappa shape index (κ2) is 6.91. The Morgan fingerprint density at radius 3 is 2.70 bits per heavy atom. The van der Waals surface area contributed by atoms with Crippen molar-refractivity contribution in [2.24, 2.45) is 0 Å². The highest BCUT2D eigenvalue weighted by atomic mass is 35.5. The summed E-state index contributed by atoms with van der Waals surface area (Å²) >= 11 is 5.79. The number of hydrogen-bond acceptors (Lipinski definition) is 3. The van der Waals surface area contributed by atoms with Gasteiger partial charge in [0.2, 0.25) is 0 Å². The minimum Gasteiger partial charge on any atom is -0.479 e. The summed E-state index contributed by atoms with van der Waals surface area (Å²) in [6.07, 6.45) is 3.01. The molecule has 5 heteroatoms. The molecule has 0 saturated carbocycles. The summed E-state index contributed by atoms with van der Waals surface area (Å²) in [4.78, 5) is 15.1. The smallest absolute Gasteiger partial charge is 0.344 e. The van der Waals surface area contributed by atoms with Crippen LogP contribution in [0.4, 0.5) is 0 Å². The molecule has 1 N–H and O–H groups in total. The van der Waals surface area contributed by atoms with Crippen molar-refractivity contribution in [3.8, 4) is 5.75 Å². The van der Waals surface area contributed by atoms with Gasteiger partial charge in [-0.3, -0.25) is 4.98 Å². The third-order valence-corrected chi connectivity index (χ3v) is 2.98. The third kappa shape index (κ3) is 4.24. The molecule has 1 aromatic carbocycles. The molecule has 2 rings (SSSR count). The van der Waals surface area contributed by atoms with Crippen molar-refractivity contribution in [3.63, 3.8) is 0 Å². The number of halogens is 1. The molecular formula is C15H14ClNO3. The molecule has 0 spiro atoms. The van der Waals surface area contributed by atoms with Gasteiger partial charge in [0.25, 0.3) is 0 Å². The predicted octanol–water partition coefficient (Wildman–Crippen LogP) is 3.20. The molecule has 104 valence electrons. The lowest BCUT2D eigenvalue weighted by Crippen LogP contribution is -2.27. The Morgan fingerprint density at radius 1 is 1.30 bits per heavy atom. The number of rotatable bonds is 6. The van der Waals surface area contributed by atoms with E-state index in [0.29, 0.717) is 23.6 Å². The van der Waals surface area contributed by atoms with E-state index in [1.165, 1.54) is 12.4 Å². The van der Waals surface area contributed by atoms with Gasteiger partial charge >= 0.3 is 5.97 Å². The fraction of sp³-hybridized carbons (Fsp3) is 0.200. The van der Waals surface area contributed by atoms with Gasteiger partial charge in [0.1, 0.15) is 5.75 Å². The summed E-state index contributed by atoms with van der Waals surface area (Å²) < 4.78 is 5.43. The molecular weight excluding hydrogens is 278 g/mol. The van der Waals surface area contributed by atoms with Crippen molar-refractivity contribution < 1.29 is 14.6 Å². The summed E-state index contributed by atoms with van der Waals surface area (Å²) in [5, 5.41) is 9.62. The average Bonchev–Trinajstić information content (AvgIpc) is 2.44. The van der Waals surface area contributed by atoms with E-state index in [4.69, 9.17) is 16.3 Å². The lowest BCUT2D eigenvalue weighted by Gasteiger charge is -2.15. The number of hydrogen-bond donors (Lipinski definition) is 1. The van der Waals surface area contributed by atoms with Crippen molar-refractivity contribution in [1.29, 1.82) is 0 Å². The van der Waals surface area contributed by atoms with Gasteiger partial charge in [0.05, 0.1) is 11.2 Å². The van der Waals surface area contributed by atoms with Gasteiger partial charge in [-0.05, 0) is 18.4 Å². The minimum absolute atomic E-state index is 0.359. The molecule has 0 aliphatic rings. The maximum absolute atomic E-state index is 11.2. The number of benzene rings is 1. The van der Waals surface area contributed by atoms with Gasteiger partial charge < -0.3 is 9.84 Å². The maximum atomic E-state index is 11.2. The largest absolute Gasteiger partial charge is 0.479 e. The summed E-state index contributed by atoms with van der Waals surface area (Å²) in [7, 11) is 0. The number of carbonyl (C=O) groups is 1. The van der Waals surface area contributed by atoms with Gasteiger partial charge in [0.15, 0.2) is 6.10 Å². The van der Waals surface area contributed by atoms with E-state index in [-0.39, 0.29) is 0 Å². The van der Waals surface area contributed by atoms with Crippen LogP contribution in [0, 0.1) is 0 Å². The quantitative estimate of drug-likeness (QED) is 0.888. The number of carboxylic acids is 1. The van der Waals surface area contributed by atoms with E-state index in [1.807, 2.05) is 30.3 Å². The lowest BCUT2D eigenvalue weighted by atomic mass is 10.1. The Kier molecular flexibility index (Phi) is 4.96. The fourth-order valence-electron chi connectivity index (χ4n) is 1.80. The molecule has 2 aromatic rings. The zero-order chi connectivity index (χ0) is 14.4. The summed E-state index contributed by atoms with van der Waals surface area (Å²) in [5.41, 5.74) is 1.08. The standard InChI is InChI=1S/C15H14ClNO3/c16-12-8-13(10-17-9-12)20-14(15(18)19)7-6-11-4-2-1-3-5-11/h1-5,8-10,14H,6-7H2,(H,18,19). The predicted molar refractivity (Wildman–Crippen MR) is 76.1 cm³/mol. The minimum atomic E-state index is -0.999. The highest BCUT2D eigenvalue weighted by molar-refractivity contribution is 6.30. The van der Waals surface area contributed by atoms with Crippen LogP contribution in [-0.4, -0.2) is 22.2 Å². The van der Waals surface area contributed by atoms with Crippen molar-refractivity contribution >= 4 is 17.6 Å². The molecule has 0 bridgehead atoms. The van der Waals surface area contributed by atoms with E-state index in [2.05, 4.69) is 4.98 Å². The zero-order valence-electron chi connectivity index (χ0n) is 10.7. The Labute approximate surface area is 122 Å². The first-order chi connectivity index (χ1) is 9.65. The molecule has 20 heavy (non-hydrogen) atoms. The van der Waals surface area contributed by atoms with Crippen LogP contribution in [-0.2, 0) is 11.2 Å². The van der Waals surface area contributed by atoms with Crippen molar-refractivity contribution in [1.82, 2.24) is 4.98 Å². The van der Waals surface area contributed by atoms with E-state index >= 15 is 0 Å². The second-order valence-corrected chi connectivity index (χ2v) is 4.74. The number of aromatic nitrogens is 1. The third-order valence-electron chi connectivity index (χ3n) is 2.77. The van der Waals surface area contributed by atoms with Gasteiger partial charge in [-0.2, -0.15) is 0 Å². The molecule has 1 atom stereocenters. The molecule has 0 radical (unpaired) electrons. The van der Waals surface area contributed by atoms with E-state index < -0.39 is 12.1 Å². The normalized spacial score (nSPS) is 11.8. The number of nitrogens with zero attached hydrogens (tertiary/aromatic N) is 1. The summed E-state index contributed by atoms with van der Waals surface area (Å²) in [5.74, 6) is -0.640. The first-order valence-electron chi connectivity index (χ1n) is 6.19. The SMILES string of the molecule is O=C(O)C(CCc1ccccc1)Oc1cncc(Cl)c1. The van der Waals surface area contributed by atoms with Gasteiger partial charge in [-0.1, -0.05) is 41.9 Å². The monoisotopic (exact) mass is 291 g/mol. The Bertz CT molecular complexity index is 574. The Balaban J connectivity index is 1.99. The molecule has 0 fully saturated rings. The first kappa shape index (κ1) is 14.3. The summed E-state index contributed by atoms with van der Waals surface area (Å²) in [6.45, 7) is 0. The molecule has 0 saturated heterocycles. The molecule has 0 aliphatic heterocycles. The molecule has 1 aromatic heterocycles. The van der Waals surface area contributed by atoms with Crippen LogP contribution in [0.15, 0.2) is 48.8 Å². The zero-order valence-corrected chi connectivity index (χ0v) is 11.5. The molecule has 0 amide bonds. The number of ether oxygens (including phenoxy) is 1. The van der Waals surface area contributed by atoms with E-state index in [1.54, 1.807) is 6.07 Å². The topological polar surface area (TPSA) is 59.4 Å². The molecule has 1 unspecified atom stereocenters. The molecule has 0 aliphatic carbocycles. The lowest BCUT2D eigenvalue weighted by molar-refractivity contribution is -0.145. The Hall–Kier alpha value is -2.07. The second-order valence-electron chi connectivity index (χ2n) is 4.31. The van der Waals surface area contributed by atoms with Crippen LogP contribution in [0.25, 0.3) is 0 Å². The van der Waals surface area contributed by atoms with Crippen LogP contribution >= 0.6 is 11.6 Å². The van der Waals surface area contributed by atoms with Crippen LogP contribution in [0.1, 0.15) is 12.0 Å². The number of aryl methyl sites for hydroxylation is 1. The van der Waals surface area contributed by atoms with Crippen LogP contribution in [0.2, 0.25) is 5.02 Å². The van der Waals surface area contributed by atoms with Crippen LogP contribution < -0.4 is 4.74 Å². The highest BCUT2D eigenvalue weighted by Crippen LogP contribution is 2.18. The number of carboxylic acid groups (broad SMARTS) is 1. The first-order valence-corrected chi connectivity index (χ1v) is 6.57. The summed E-state index contributed by atoms with van der Waals surface area (Å²) in [6, 6.07) is 11.2. The van der Waals surface area contributed by atoms with Crippen LogP contribution in [0.3, 0.4) is 0 Å². The fourth-order valence-corrected chi connectivity index (χ4v) is 1.96. The number of pyridine rings is 1. The number of aliphatic carboxylic acids is 1. The maximum Gasteiger partial charge on any atom is 0.344 e. The van der Waals surface area contributed by atoms with Gasteiger partial charge in [-0.15, -0.1) is 0 Å². The van der Waals surface area contributed by atoms with Gasteiger partial charge in [-0.25, -0.2) is 4.79 Å². The Morgan fingerprint density at radius 2 is 2.05 bits per heavy atom. The van der Waals surface area contributed by atoms with Crippen molar-refractivity contribution in [3.05, 3.63) is 59.4 Å². The van der Waals surface area contributed by atoms with E-state index in [0.717, 1.165) is 5.56 Å². The highest BCUT2D eigenvalue weighted by Gasteiger charge is 2.19. The van der Waals surface area contributed by atoms with E-state index in [9.17, 15) is 9.90 Å². The van der Waals surface area contributed by atoms with Gasteiger partial charge in [0, 0.05) is 12.3 Å². The average molecular weight is 292 g/mol. The van der Waals surface area contributed by atoms with Crippen molar-refractivity contribution in [2.75, 3.05) is 0 Å². The molecule has 1 heterocycles.